The van der Waals surface area contributed by atoms with Crippen molar-refractivity contribution in [1.29, 1.82) is 0 Å². The first-order chi connectivity index (χ1) is 12.8. The predicted octanol–water partition coefficient (Wildman–Crippen LogP) is 2.62. The molecule has 2 heterocycles. The van der Waals surface area contributed by atoms with E-state index in [2.05, 4.69) is 0 Å². The monoisotopic (exact) mass is 432 g/mol. The maximum atomic E-state index is 12.9. The molecule has 2 saturated heterocycles. The van der Waals surface area contributed by atoms with Crippen LogP contribution < -0.4 is 0 Å². The minimum Gasteiger partial charge on any atom is -0.371 e. The Morgan fingerprint density at radius 1 is 1.04 bits per heavy atom. The number of benzene rings is 1. The number of allylic oxidation sites excluding steroid dienone is 1. The fourth-order valence-electron chi connectivity index (χ4n) is 2.63. The molecule has 1 aliphatic carbocycles. The van der Waals surface area contributed by atoms with Gasteiger partial charge in [0.1, 0.15) is 12.2 Å². The van der Waals surface area contributed by atoms with Crippen LogP contribution in [-0.4, -0.2) is 57.2 Å². The molecule has 0 radical (unpaired) electrons. The number of halogens is 2. The van der Waals surface area contributed by atoms with Crippen molar-refractivity contribution in [3.8, 4) is 0 Å². The summed E-state index contributed by atoms with van der Waals surface area (Å²) in [4.78, 5) is 0.129. The molecule has 6 nitrogen and oxygen atoms in total. The lowest BCUT2D eigenvalue weighted by Gasteiger charge is -2.40. The van der Waals surface area contributed by atoms with Crippen LogP contribution in [0.4, 0.5) is 0 Å². The zero-order chi connectivity index (χ0) is 19.1. The topological polar surface area (TPSA) is 77.7 Å². The van der Waals surface area contributed by atoms with Crippen molar-refractivity contribution in [3.63, 3.8) is 0 Å². The van der Waals surface area contributed by atoms with E-state index in [1.165, 1.54) is 30.4 Å². The van der Waals surface area contributed by atoms with Crippen LogP contribution in [-0.2, 0) is 28.8 Å². The Morgan fingerprint density at radius 3 is 2.07 bits per heavy atom. The second-order valence-corrected chi connectivity index (χ2v) is 9.86. The van der Waals surface area contributed by atoms with Crippen LogP contribution in [0.1, 0.15) is 0 Å². The summed E-state index contributed by atoms with van der Waals surface area (Å²) in [5.41, 5.74) is 0. The van der Waals surface area contributed by atoms with Crippen LogP contribution in [0.3, 0.4) is 0 Å². The van der Waals surface area contributed by atoms with Gasteiger partial charge >= 0.3 is 0 Å². The van der Waals surface area contributed by atoms with Crippen molar-refractivity contribution in [2.45, 2.75) is 27.2 Å². The normalized spacial score (nSPS) is 31.4. The third-order valence-electron chi connectivity index (χ3n) is 4.39. The van der Waals surface area contributed by atoms with E-state index in [9.17, 15) is 8.42 Å². The van der Waals surface area contributed by atoms with Crippen molar-refractivity contribution >= 4 is 33.0 Å². The van der Waals surface area contributed by atoms with Gasteiger partial charge in [-0.3, -0.25) is 0 Å². The van der Waals surface area contributed by atoms with Gasteiger partial charge in [0.25, 0.3) is 0 Å². The highest BCUT2D eigenvalue weighted by Gasteiger charge is 2.53. The summed E-state index contributed by atoms with van der Waals surface area (Å²) in [5, 5.41) is 0. The van der Waals surface area contributed by atoms with E-state index in [0.29, 0.717) is 13.2 Å². The van der Waals surface area contributed by atoms with Gasteiger partial charge in [0.2, 0.25) is 15.6 Å². The van der Waals surface area contributed by atoms with Crippen molar-refractivity contribution in [3.05, 3.63) is 53.5 Å². The maximum Gasteiger partial charge on any atom is 0.226 e. The molecule has 2 aliphatic heterocycles. The number of epoxide rings is 2. The molecule has 2 unspecified atom stereocenters. The zero-order valence-electron chi connectivity index (χ0n) is 14.2. The number of sulfone groups is 1. The zero-order valence-corrected chi connectivity index (χ0v) is 16.5. The number of rotatable bonds is 8. The average Bonchev–Trinajstić information content (AvgIpc) is 3.54. The van der Waals surface area contributed by atoms with Gasteiger partial charge in [-0.1, -0.05) is 41.4 Å². The molecule has 146 valence electrons. The number of hydrogen-bond acceptors (Lipinski definition) is 6. The summed E-state index contributed by atoms with van der Waals surface area (Å²) >= 11 is 13.1. The minimum atomic E-state index is -3.78. The number of alkyl halides is 2. The fraction of sp³-hybridized carbons (Fsp3) is 0.444. The van der Waals surface area contributed by atoms with Gasteiger partial charge in [-0.2, -0.15) is 0 Å². The summed E-state index contributed by atoms with van der Waals surface area (Å²) in [6, 6.07) is 8.06. The summed E-state index contributed by atoms with van der Waals surface area (Å²) in [7, 11) is -3.78. The van der Waals surface area contributed by atoms with Crippen molar-refractivity contribution in [1.82, 2.24) is 0 Å². The predicted molar refractivity (Wildman–Crippen MR) is 99.4 cm³/mol. The van der Waals surface area contributed by atoms with Crippen LogP contribution in [0.2, 0.25) is 0 Å². The van der Waals surface area contributed by atoms with E-state index in [1.807, 2.05) is 0 Å². The fourth-order valence-corrected chi connectivity index (χ4v) is 4.70. The molecule has 9 heteroatoms. The lowest BCUT2D eigenvalue weighted by atomic mass is 10.1. The number of hydrogen-bond donors (Lipinski definition) is 0. The summed E-state index contributed by atoms with van der Waals surface area (Å²) in [5.74, 6) is -1.54. The summed E-state index contributed by atoms with van der Waals surface area (Å²) < 4.78 is 46.0. The molecule has 0 saturated carbocycles. The highest BCUT2D eigenvalue weighted by Crippen LogP contribution is 2.46. The molecule has 1 aromatic rings. The van der Waals surface area contributed by atoms with E-state index in [1.54, 1.807) is 18.2 Å². The Labute approximate surface area is 167 Å². The third kappa shape index (κ3) is 4.10. The highest BCUT2D eigenvalue weighted by atomic mass is 35.5. The molecule has 0 amide bonds. The second kappa shape index (κ2) is 7.15. The van der Waals surface area contributed by atoms with Gasteiger partial charge in [0.05, 0.1) is 36.2 Å². The highest BCUT2D eigenvalue weighted by molar-refractivity contribution is 7.95. The average molecular weight is 433 g/mol. The molecule has 3 aliphatic rings. The van der Waals surface area contributed by atoms with Gasteiger partial charge in [0.15, 0.2) is 4.33 Å². The molecule has 0 bridgehead atoms. The van der Waals surface area contributed by atoms with Crippen LogP contribution in [0.25, 0.3) is 0 Å². The Bertz CT molecular complexity index is 841. The van der Waals surface area contributed by atoms with Crippen LogP contribution in [0.5, 0.6) is 0 Å². The molecule has 0 aromatic heterocycles. The van der Waals surface area contributed by atoms with Crippen molar-refractivity contribution in [2.24, 2.45) is 0 Å². The molecular formula is C18H18Cl2O6S. The van der Waals surface area contributed by atoms with Crippen LogP contribution >= 0.6 is 23.2 Å². The second-order valence-electron chi connectivity index (χ2n) is 6.52. The molecule has 0 N–H and O–H groups in total. The summed E-state index contributed by atoms with van der Waals surface area (Å²) in [6.45, 7) is 1.64. The van der Waals surface area contributed by atoms with E-state index in [4.69, 9.17) is 42.1 Å². The molecule has 2 fully saturated rings. The van der Waals surface area contributed by atoms with Crippen molar-refractivity contribution < 1.29 is 27.4 Å². The van der Waals surface area contributed by atoms with E-state index >= 15 is 0 Å². The quantitative estimate of drug-likeness (QED) is 0.357. The Morgan fingerprint density at radius 2 is 1.59 bits per heavy atom. The van der Waals surface area contributed by atoms with Gasteiger partial charge in [0, 0.05) is 0 Å². The smallest absolute Gasteiger partial charge is 0.226 e. The van der Waals surface area contributed by atoms with E-state index < -0.39 is 20.0 Å². The van der Waals surface area contributed by atoms with Gasteiger partial charge in [-0.15, -0.1) is 0 Å². The first kappa shape index (κ1) is 19.4. The first-order valence-electron chi connectivity index (χ1n) is 8.44. The maximum absolute atomic E-state index is 12.9. The lowest BCUT2D eigenvalue weighted by molar-refractivity contribution is -0.210. The lowest BCUT2D eigenvalue weighted by Crippen LogP contribution is -2.51. The molecular weight excluding hydrogens is 415 g/mol. The van der Waals surface area contributed by atoms with Crippen molar-refractivity contribution in [2.75, 3.05) is 26.4 Å². The molecule has 2 atom stereocenters. The van der Waals surface area contributed by atoms with E-state index in [-0.39, 0.29) is 35.2 Å². The van der Waals surface area contributed by atoms with Gasteiger partial charge < -0.3 is 18.9 Å². The van der Waals surface area contributed by atoms with E-state index in [0.717, 1.165) is 0 Å². The Kier molecular flexibility index (Phi) is 5.13. The van der Waals surface area contributed by atoms with Crippen LogP contribution in [0.15, 0.2) is 58.4 Å². The molecule has 4 rings (SSSR count). The SMILES string of the molecule is O=S(=O)(C1=CC(Cl)(Cl)C(OCC2CO2)(OCC2CO2)C=C1)c1ccccc1. The Hall–Kier alpha value is -0.930. The molecule has 0 spiro atoms. The molecule has 27 heavy (non-hydrogen) atoms. The largest absolute Gasteiger partial charge is 0.371 e. The summed E-state index contributed by atoms with van der Waals surface area (Å²) in [6.07, 6.45) is 4.03. The first-order valence-corrected chi connectivity index (χ1v) is 10.7. The molecule has 1 aromatic carbocycles. The minimum absolute atomic E-state index is 0.0214. The number of ether oxygens (including phenoxy) is 4. The van der Waals surface area contributed by atoms with Gasteiger partial charge in [-0.05, 0) is 30.4 Å². The van der Waals surface area contributed by atoms with Gasteiger partial charge in [-0.25, -0.2) is 8.42 Å². The Balaban J connectivity index is 1.62. The third-order valence-corrected chi connectivity index (χ3v) is 6.90. The van der Waals surface area contributed by atoms with Crippen LogP contribution in [0, 0.1) is 0 Å². The standard InChI is InChI=1S/C18H18Cl2O6S/c19-17(20)8-16(27(21,22)15-4-2-1-3-5-15)6-7-18(17,25-11-13-9-23-13)26-12-14-10-24-14/h1-8,13-14H,9-12H2.